The third-order valence-electron chi connectivity index (χ3n) is 3.81. The summed E-state index contributed by atoms with van der Waals surface area (Å²) in [6.45, 7) is 5.50. The highest BCUT2D eigenvalue weighted by atomic mass is 16.5. The van der Waals surface area contributed by atoms with E-state index in [2.05, 4.69) is 0 Å². The van der Waals surface area contributed by atoms with E-state index < -0.39 is 0 Å². The molecule has 0 aromatic heterocycles. The third kappa shape index (κ3) is 6.68. The van der Waals surface area contributed by atoms with Crippen LogP contribution in [0.25, 0.3) is 0 Å². The Morgan fingerprint density at radius 3 is 2.42 bits per heavy atom. The number of aliphatic hydroxyl groups excluding tert-OH is 1. The Kier molecular flexibility index (Phi) is 9.04. The van der Waals surface area contributed by atoms with Gasteiger partial charge in [-0.25, -0.2) is 0 Å². The van der Waals surface area contributed by atoms with Crippen molar-refractivity contribution < 1.29 is 24.2 Å². The quantitative estimate of drug-likeness (QED) is 0.658. The zero-order valence-electron chi connectivity index (χ0n) is 14.6. The molecule has 0 amide bonds. The molecule has 2 atom stereocenters. The summed E-state index contributed by atoms with van der Waals surface area (Å²) in [5.41, 5.74) is 1.03. The molecule has 1 unspecified atom stereocenters. The third-order valence-corrected chi connectivity index (χ3v) is 3.81. The summed E-state index contributed by atoms with van der Waals surface area (Å²) in [7, 11) is 0. The molecule has 0 heterocycles. The van der Waals surface area contributed by atoms with E-state index in [1.54, 1.807) is 6.92 Å². The summed E-state index contributed by atoms with van der Waals surface area (Å²) in [6.07, 6.45) is 0.393. The highest BCUT2D eigenvalue weighted by Gasteiger charge is 2.27. The number of hydrogen-bond acceptors (Lipinski definition) is 6. The van der Waals surface area contributed by atoms with Gasteiger partial charge in [-0.05, 0) is 25.8 Å². The van der Waals surface area contributed by atoms with Crippen molar-refractivity contribution in [3.05, 3.63) is 35.9 Å². The summed E-state index contributed by atoms with van der Waals surface area (Å²) >= 11 is 0. The van der Waals surface area contributed by atoms with Crippen LogP contribution in [-0.2, 0) is 19.1 Å². The van der Waals surface area contributed by atoms with Crippen molar-refractivity contribution in [2.24, 2.45) is 0 Å². The zero-order valence-corrected chi connectivity index (χ0v) is 14.6. The molecule has 1 N–H and O–H groups in total. The Labute approximate surface area is 143 Å². The van der Waals surface area contributed by atoms with Crippen molar-refractivity contribution in [3.63, 3.8) is 0 Å². The summed E-state index contributed by atoms with van der Waals surface area (Å²) < 4.78 is 10.2. The average molecular weight is 337 g/mol. The fourth-order valence-corrected chi connectivity index (χ4v) is 2.57. The van der Waals surface area contributed by atoms with E-state index in [9.17, 15) is 14.7 Å². The van der Waals surface area contributed by atoms with Gasteiger partial charge in [0, 0.05) is 25.6 Å². The van der Waals surface area contributed by atoms with Crippen molar-refractivity contribution in [3.8, 4) is 0 Å². The van der Waals surface area contributed by atoms with Gasteiger partial charge in [-0.2, -0.15) is 0 Å². The van der Waals surface area contributed by atoms with Crippen LogP contribution in [0.15, 0.2) is 30.3 Å². The van der Waals surface area contributed by atoms with Crippen LogP contribution in [0.1, 0.15) is 38.8 Å². The number of carbonyl (C=O) groups is 2. The molecule has 0 radical (unpaired) electrons. The van der Waals surface area contributed by atoms with Gasteiger partial charge in [0.1, 0.15) is 6.61 Å². The maximum absolute atomic E-state index is 12.0. The Hall–Kier alpha value is -1.92. The monoisotopic (exact) mass is 337 g/mol. The van der Waals surface area contributed by atoms with Gasteiger partial charge in [0.05, 0.1) is 13.2 Å². The second-order valence-corrected chi connectivity index (χ2v) is 5.53. The first-order valence-corrected chi connectivity index (χ1v) is 8.20. The molecule has 0 fully saturated rings. The van der Waals surface area contributed by atoms with Crippen molar-refractivity contribution in [2.75, 3.05) is 26.4 Å². The summed E-state index contributed by atoms with van der Waals surface area (Å²) in [5, 5.41) is 9.36. The van der Waals surface area contributed by atoms with Gasteiger partial charge in [-0.15, -0.1) is 0 Å². The van der Waals surface area contributed by atoms with Crippen molar-refractivity contribution >= 4 is 11.9 Å². The van der Waals surface area contributed by atoms with E-state index in [1.165, 1.54) is 6.92 Å². The lowest BCUT2D eigenvalue weighted by Gasteiger charge is -2.35. The van der Waals surface area contributed by atoms with Crippen molar-refractivity contribution in [1.29, 1.82) is 0 Å². The number of carbonyl (C=O) groups excluding carboxylic acids is 2. The lowest BCUT2D eigenvalue weighted by Crippen LogP contribution is -2.44. The lowest BCUT2D eigenvalue weighted by molar-refractivity contribution is -0.148. The van der Waals surface area contributed by atoms with E-state index in [1.807, 2.05) is 42.2 Å². The summed E-state index contributed by atoms with van der Waals surface area (Å²) in [4.78, 5) is 25.1. The molecule has 0 spiro atoms. The normalized spacial score (nSPS) is 13.4. The molecule has 0 saturated heterocycles. The van der Waals surface area contributed by atoms with Gasteiger partial charge in [0.25, 0.3) is 0 Å². The molecule has 1 aromatic rings. The first kappa shape index (κ1) is 20.1. The molecule has 1 aromatic carbocycles. The predicted octanol–water partition coefficient (Wildman–Crippen LogP) is 1.93. The molecule has 0 aliphatic heterocycles. The maximum Gasteiger partial charge on any atom is 0.320 e. The van der Waals surface area contributed by atoms with E-state index >= 15 is 0 Å². The molecule has 0 aliphatic rings. The molecule has 6 nitrogen and oxygen atoms in total. The Morgan fingerprint density at radius 1 is 1.21 bits per heavy atom. The number of esters is 2. The Balaban J connectivity index is 2.99. The summed E-state index contributed by atoms with van der Waals surface area (Å²) in [5.74, 6) is -0.729. The predicted molar refractivity (Wildman–Crippen MR) is 90.3 cm³/mol. The largest absolute Gasteiger partial charge is 0.465 e. The van der Waals surface area contributed by atoms with Gasteiger partial charge in [-0.3, -0.25) is 14.5 Å². The molecule has 0 bridgehead atoms. The highest BCUT2D eigenvalue weighted by Crippen LogP contribution is 2.24. The molecule has 6 heteroatoms. The van der Waals surface area contributed by atoms with Crippen LogP contribution in [0.4, 0.5) is 0 Å². The number of aliphatic hydroxyl groups is 1. The molecular formula is C18H27NO5. The van der Waals surface area contributed by atoms with Crippen LogP contribution in [0.3, 0.4) is 0 Å². The van der Waals surface area contributed by atoms with Gasteiger partial charge in [0.2, 0.25) is 0 Å². The first-order chi connectivity index (χ1) is 11.5. The van der Waals surface area contributed by atoms with E-state index in [-0.39, 0.29) is 43.8 Å². The topological polar surface area (TPSA) is 76.1 Å². The minimum absolute atomic E-state index is 0.0627. The smallest absolute Gasteiger partial charge is 0.320 e. The molecule has 24 heavy (non-hydrogen) atoms. The SMILES string of the molecule is CCOC(=O)CN(C(CCO)COC(C)=O)[C@H](C)c1ccccc1. The van der Waals surface area contributed by atoms with Crippen molar-refractivity contribution in [1.82, 2.24) is 4.90 Å². The van der Waals surface area contributed by atoms with Crippen LogP contribution in [0.2, 0.25) is 0 Å². The highest BCUT2D eigenvalue weighted by molar-refractivity contribution is 5.71. The minimum atomic E-state index is -0.388. The number of benzene rings is 1. The summed E-state index contributed by atoms with van der Waals surface area (Å²) in [6, 6.07) is 9.37. The van der Waals surface area contributed by atoms with E-state index in [0.717, 1.165) is 5.56 Å². The zero-order chi connectivity index (χ0) is 17.9. The standard InChI is InChI=1S/C18H27NO5/c1-4-23-18(22)12-19(14(2)16-8-6-5-7-9-16)17(10-11-20)13-24-15(3)21/h5-9,14,17,20H,4,10-13H2,1-3H3/t14-,17?/m1/s1. The second kappa shape index (κ2) is 10.8. The number of hydrogen-bond donors (Lipinski definition) is 1. The fourth-order valence-electron chi connectivity index (χ4n) is 2.57. The van der Waals surface area contributed by atoms with Crippen LogP contribution < -0.4 is 0 Å². The fraction of sp³-hybridized carbons (Fsp3) is 0.556. The van der Waals surface area contributed by atoms with Gasteiger partial charge < -0.3 is 14.6 Å². The van der Waals surface area contributed by atoms with Crippen LogP contribution in [-0.4, -0.2) is 54.4 Å². The van der Waals surface area contributed by atoms with E-state index in [4.69, 9.17) is 9.47 Å². The van der Waals surface area contributed by atoms with E-state index in [0.29, 0.717) is 13.0 Å². The minimum Gasteiger partial charge on any atom is -0.465 e. The van der Waals surface area contributed by atoms with Gasteiger partial charge >= 0.3 is 11.9 Å². The number of rotatable bonds is 10. The molecule has 0 aliphatic carbocycles. The Morgan fingerprint density at radius 2 is 1.88 bits per heavy atom. The van der Waals surface area contributed by atoms with Crippen LogP contribution >= 0.6 is 0 Å². The lowest BCUT2D eigenvalue weighted by atomic mass is 10.0. The average Bonchev–Trinajstić information content (AvgIpc) is 2.57. The van der Waals surface area contributed by atoms with Crippen LogP contribution in [0.5, 0.6) is 0 Å². The van der Waals surface area contributed by atoms with Crippen molar-refractivity contribution in [2.45, 2.75) is 39.3 Å². The maximum atomic E-state index is 12.0. The molecule has 134 valence electrons. The first-order valence-electron chi connectivity index (χ1n) is 8.20. The molecular weight excluding hydrogens is 310 g/mol. The number of ether oxygens (including phenoxy) is 2. The van der Waals surface area contributed by atoms with Gasteiger partial charge in [-0.1, -0.05) is 30.3 Å². The van der Waals surface area contributed by atoms with Gasteiger partial charge in [0.15, 0.2) is 0 Å². The molecule has 1 rings (SSSR count). The second-order valence-electron chi connectivity index (χ2n) is 5.53. The number of nitrogens with zero attached hydrogens (tertiary/aromatic N) is 1. The molecule has 0 saturated carbocycles. The van der Waals surface area contributed by atoms with Crippen LogP contribution in [0, 0.1) is 0 Å². The Bertz CT molecular complexity index is 505.